The first-order valence-electron chi connectivity index (χ1n) is 5.46. The summed E-state index contributed by atoms with van der Waals surface area (Å²) in [7, 11) is 0. The van der Waals surface area contributed by atoms with Crippen LogP contribution in [0, 0.1) is 18.3 Å². The van der Waals surface area contributed by atoms with Crippen LogP contribution in [0.3, 0.4) is 0 Å². The van der Waals surface area contributed by atoms with E-state index in [0.717, 1.165) is 30.6 Å². The molecule has 1 rings (SSSR count). The molecule has 84 valence electrons. The maximum absolute atomic E-state index is 7.39. The van der Waals surface area contributed by atoms with Crippen LogP contribution in [-0.2, 0) is 6.54 Å². The molecule has 0 spiro atoms. The highest BCUT2D eigenvalue weighted by Gasteiger charge is 2.10. The SMILES string of the molecule is CCC(CC)Cn1cc(C(=N)N)c(C)n1. The maximum Gasteiger partial charge on any atom is 0.126 e. The van der Waals surface area contributed by atoms with Gasteiger partial charge >= 0.3 is 0 Å². The third-order valence-electron chi connectivity index (χ3n) is 2.84. The Morgan fingerprint density at radius 1 is 1.53 bits per heavy atom. The van der Waals surface area contributed by atoms with Crippen molar-refractivity contribution in [3.63, 3.8) is 0 Å². The molecular weight excluding hydrogens is 188 g/mol. The molecule has 0 aliphatic carbocycles. The summed E-state index contributed by atoms with van der Waals surface area (Å²) in [5.41, 5.74) is 7.05. The molecule has 4 heteroatoms. The quantitative estimate of drug-likeness (QED) is 0.573. The highest BCUT2D eigenvalue weighted by Crippen LogP contribution is 2.12. The van der Waals surface area contributed by atoms with E-state index >= 15 is 0 Å². The van der Waals surface area contributed by atoms with Crippen LogP contribution < -0.4 is 5.73 Å². The fourth-order valence-corrected chi connectivity index (χ4v) is 1.69. The molecule has 4 nitrogen and oxygen atoms in total. The van der Waals surface area contributed by atoms with Crippen molar-refractivity contribution in [3.05, 3.63) is 17.5 Å². The van der Waals surface area contributed by atoms with Gasteiger partial charge in [-0.2, -0.15) is 5.10 Å². The van der Waals surface area contributed by atoms with E-state index in [1.54, 1.807) is 0 Å². The van der Waals surface area contributed by atoms with E-state index in [-0.39, 0.29) is 5.84 Å². The third-order valence-corrected chi connectivity index (χ3v) is 2.84. The Morgan fingerprint density at radius 3 is 2.53 bits per heavy atom. The number of nitrogens with two attached hydrogens (primary N) is 1. The van der Waals surface area contributed by atoms with Crippen molar-refractivity contribution in [1.82, 2.24) is 9.78 Å². The molecule has 0 saturated carbocycles. The summed E-state index contributed by atoms with van der Waals surface area (Å²) in [4.78, 5) is 0. The molecule has 0 bridgehead atoms. The van der Waals surface area contributed by atoms with Crippen LogP contribution in [0.5, 0.6) is 0 Å². The van der Waals surface area contributed by atoms with E-state index in [4.69, 9.17) is 11.1 Å². The van der Waals surface area contributed by atoms with E-state index in [0.29, 0.717) is 5.92 Å². The minimum Gasteiger partial charge on any atom is -0.384 e. The summed E-state index contributed by atoms with van der Waals surface area (Å²) >= 11 is 0. The number of rotatable bonds is 5. The van der Waals surface area contributed by atoms with Crippen molar-refractivity contribution in [2.75, 3.05) is 0 Å². The molecule has 0 aliphatic rings. The second-order valence-corrected chi connectivity index (χ2v) is 3.95. The van der Waals surface area contributed by atoms with Gasteiger partial charge in [0.1, 0.15) is 5.84 Å². The molecular formula is C11H20N4. The second-order valence-electron chi connectivity index (χ2n) is 3.95. The lowest BCUT2D eigenvalue weighted by Gasteiger charge is -2.11. The maximum atomic E-state index is 7.39. The summed E-state index contributed by atoms with van der Waals surface area (Å²) in [6.07, 6.45) is 4.19. The van der Waals surface area contributed by atoms with Crippen molar-refractivity contribution >= 4 is 5.84 Å². The summed E-state index contributed by atoms with van der Waals surface area (Å²) in [6, 6.07) is 0. The van der Waals surface area contributed by atoms with Crippen LogP contribution in [0.1, 0.15) is 37.9 Å². The fraction of sp³-hybridized carbons (Fsp3) is 0.636. The molecule has 0 aromatic carbocycles. The average Bonchev–Trinajstić information content (AvgIpc) is 2.56. The summed E-state index contributed by atoms with van der Waals surface area (Å²) in [5.74, 6) is 0.757. The van der Waals surface area contributed by atoms with Crippen LogP contribution in [0.4, 0.5) is 0 Å². The van der Waals surface area contributed by atoms with E-state index < -0.39 is 0 Å². The van der Waals surface area contributed by atoms with Crippen molar-refractivity contribution in [2.24, 2.45) is 11.7 Å². The number of amidine groups is 1. The zero-order valence-corrected chi connectivity index (χ0v) is 9.75. The van der Waals surface area contributed by atoms with Gasteiger partial charge in [0.25, 0.3) is 0 Å². The van der Waals surface area contributed by atoms with Gasteiger partial charge in [0, 0.05) is 12.7 Å². The molecule has 0 amide bonds. The van der Waals surface area contributed by atoms with Crippen LogP contribution in [0.15, 0.2) is 6.20 Å². The minimum absolute atomic E-state index is 0.100. The molecule has 0 aliphatic heterocycles. The summed E-state index contributed by atoms with van der Waals surface area (Å²) < 4.78 is 1.91. The Bertz CT molecular complexity index is 336. The highest BCUT2D eigenvalue weighted by molar-refractivity contribution is 5.95. The normalized spacial score (nSPS) is 10.9. The monoisotopic (exact) mass is 208 g/mol. The molecule has 0 atom stereocenters. The van der Waals surface area contributed by atoms with E-state index in [2.05, 4.69) is 18.9 Å². The first-order chi connectivity index (χ1) is 7.08. The molecule has 15 heavy (non-hydrogen) atoms. The van der Waals surface area contributed by atoms with Gasteiger partial charge in [0.15, 0.2) is 0 Å². The highest BCUT2D eigenvalue weighted by atomic mass is 15.3. The predicted octanol–water partition coefficient (Wildman–Crippen LogP) is 1.91. The van der Waals surface area contributed by atoms with Gasteiger partial charge in [-0.1, -0.05) is 26.7 Å². The molecule has 0 saturated heterocycles. The lowest BCUT2D eigenvalue weighted by atomic mass is 10.0. The number of aromatic nitrogens is 2. The van der Waals surface area contributed by atoms with Crippen LogP contribution >= 0.6 is 0 Å². The zero-order valence-electron chi connectivity index (χ0n) is 9.75. The molecule has 1 heterocycles. The first kappa shape index (κ1) is 11.8. The van der Waals surface area contributed by atoms with Crippen molar-refractivity contribution in [2.45, 2.75) is 40.2 Å². The number of nitrogens with one attached hydrogen (secondary N) is 1. The van der Waals surface area contributed by atoms with Crippen LogP contribution in [-0.4, -0.2) is 15.6 Å². The summed E-state index contributed by atoms with van der Waals surface area (Å²) in [6.45, 7) is 7.19. The number of hydrogen-bond acceptors (Lipinski definition) is 2. The predicted molar refractivity (Wildman–Crippen MR) is 62.1 cm³/mol. The third kappa shape index (κ3) is 2.81. The van der Waals surface area contributed by atoms with Crippen LogP contribution in [0.25, 0.3) is 0 Å². The van der Waals surface area contributed by atoms with Gasteiger partial charge in [0.05, 0.1) is 11.3 Å². The number of nitrogen functional groups attached to an aromatic ring is 1. The van der Waals surface area contributed by atoms with Crippen molar-refractivity contribution < 1.29 is 0 Å². The zero-order chi connectivity index (χ0) is 11.4. The molecule has 0 fully saturated rings. The standard InChI is InChI=1S/C11H20N4/c1-4-9(5-2)6-15-7-10(11(12)13)8(3)14-15/h7,9H,4-6H2,1-3H3,(H3,12,13). The van der Waals surface area contributed by atoms with Gasteiger partial charge in [-0.05, 0) is 12.8 Å². The van der Waals surface area contributed by atoms with Crippen molar-refractivity contribution in [1.29, 1.82) is 5.41 Å². The Morgan fingerprint density at radius 2 is 2.13 bits per heavy atom. The van der Waals surface area contributed by atoms with Gasteiger partial charge < -0.3 is 5.73 Å². The topological polar surface area (TPSA) is 67.7 Å². The molecule has 3 N–H and O–H groups in total. The second kappa shape index (κ2) is 4.96. The van der Waals surface area contributed by atoms with Crippen LogP contribution in [0.2, 0.25) is 0 Å². The Kier molecular flexibility index (Phi) is 3.88. The minimum atomic E-state index is 0.100. The lowest BCUT2D eigenvalue weighted by molar-refractivity contribution is 0.395. The summed E-state index contributed by atoms with van der Waals surface area (Å²) in [5, 5.41) is 11.7. The molecule has 1 aromatic heterocycles. The fourth-order valence-electron chi connectivity index (χ4n) is 1.69. The molecule has 0 unspecified atom stereocenters. The van der Waals surface area contributed by atoms with E-state index in [1.807, 2.05) is 17.8 Å². The van der Waals surface area contributed by atoms with Gasteiger partial charge in [0.2, 0.25) is 0 Å². The van der Waals surface area contributed by atoms with Gasteiger partial charge in [-0.3, -0.25) is 10.1 Å². The van der Waals surface area contributed by atoms with Gasteiger partial charge in [-0.25, -0.2) is 0 Å². The lowest BCUT2D eigenvalue weighted by Crippen LogP contribution is -2.12. The number of hydrogen-bond donors (Lipinski definition) is 2. The molecule has 1 aromatic rings. The Labute approximate surface area is 91.0 Å². The Balaban J connectivity index is 2.79. The molecule has 0 radical (unpaired) electrons. The van der Waals surface area contributed by atoms with E-state index in [1.165, 1.54) is 0 Å². The smallest absolute Gasteiger partial charge is 0.126 e. The number of aryl methyl sites for hydroxylation is 1. The van der Waals surface area contributed by atoms with Gasteiger partial charge in [-0.15, -0.1) is 0 Å². The largest absolute Gasteiger partial charge is 0.384 e. The van der Waals surface area contributed by atoms with Crippen molar-refractivity contribution in [3.8, 4) is 0 Å². The van der Waals surface area contributed by atoms with E-state index in [9.17, 15) is 0 Å². The first-order valence-corrected chi connectivity index (χ1v) is 5.46. The Hall–Kier alpha value is -1.32. The number of nitrogens with zero attached hydrogens (tertiary/aromatic N) is 2. The average molecular weight is 208 g/mol.